The summed E-state index contributed by atoms with van der Waals surface area (Å²) in [5.41, 5.74) is 1.08. The molecule has 1 aliphatic carbocycles. The van der Waals surface area contributed by atoms with Gasteiger partial charge in [-0.2, -0.15) is 0 Å². The van der Waals surface area contributed by atoms with Crippen LogP contribution in [0, 0.1) is 11.7 Å². The van der Waals surface area contributed by atoms with E-state index in [9.17, 15) is 9.18 Å². The van der Waals surface area contributed by atoms with Gasteiger partial charge in [-0.05, 0) is 55.2 Å². The van der Waals surface area contributed by atoms with Crippen LogP contribution in [0.15, 0.2) is 47.4 Å². The standard InChI is InChI=1S/C21H23ClFNOS/c1-14-5-2-3-7-17(11-14)26-18-8-4-6-15(12-18)21(25)24-16-9-10-20(23)19(22)13-16/h4,6,8-10,12-14,17H,2-3,5,7,11H2,1H3,(H,24,25)/t14-,17?/m1/s1. The Bertz CT molecular complexity index is 782. The Morgan fingerprint density at radius 2 is 2.00 bits per heavy atom. The van der Waals surface area contributed by atoms with E-state index in [0.717, 1.165) is 10.8 Å². The largest absolute Gasteiger partial charge is 0.322 e. The molecular formula is C21H23ClFNOS. The molecule has 2 atom stereocenters. The minimum absolute atomic E-state index is 0.00501. The fourth-order valence-electron chi connectivity index (χ4n) is 3.34. The normalized spacial score (nSPS) is 20.4. The maximum absolute atomic E-state index is 13.2. The molecule has 0 heterocycles. The van der Waals surface area contributed by atoms with Gasteiger partial charge in [-0.3, -0.25) is 4.79 Å². The number of halogens is 2. The van der Waals surface area contributed by atoms with E-state index >= 15 is 0 Å². The maximum atomic E-state index is 13.2. The van der Waals surface area contributed by atoms with Crippen molar-refractivity contribution in [3.8, 4) is 0 Å². The van der Waals surface area contributed by atoms with Crippen LogP contribution in [0.1, 0.15) is 49.4 Å². The fraction of sp³-hybridized carbons (Fsp3) is 0.381. The summed E-state index contributed by atoms with van der Waals surface area (Å²) in [6, 6.07) is 11.9. The molecule has 5 heteroatoms. The van der Waals surface area contributed by atoms with Crippen molar-refractivity contribution in [3.05, 3.63) is 58.9 Å². The Morgan fingerprint density at radius 1 is 1.19 bits per heavy atom. The molecule has 0 saturated heterocycles. The van der Waals surface area contributed by atoms with Crippen molar-refractivity contribution in [1.82, 2.24) is 0 Å². The van der Waals surface area contributed by atoms with Gasteiger partial charge < -0.3 is 5.32 Å². The van der Waals surface area contributed by atoms with Crippen LogP contribution in [0.25, 0.3) is 0 Å². The quantitative estimate of drug-likeness (QED) is 0.581. The van der Waals surface area contributed by atoms with Gasteiger partial charge in [-0.1, -0.05) is 43.9 Å². The monoisotopic (exact) mass is 391 g/mol. The molecule has 2 aromatic rings. The van der Waals surface area contributed by atoms with Crippen LogP contribution in [0.4, 0.5) is 10.1 Å². The zero-order chi connectivity index (χ0) is 18.5. The average Bonchev–Trinajstić information content (AvgIpc) is 2.82. The van der Waals surface area contributed by atoms with Gasteiger partial charge in [0.15, 0.2) is 0 Å². The summed E-state index contributed by atoms with van der Waals surface area (Å²) in [7, 11) is 0. The molecule has 0 bridgehead atoms. The van der Waals surface area contributed by atoms with E-state index in [4.69, 9.17) is 11.6 Å². The number of thioether (sulfide) groups is 1. The Hall–Kier alpha value is -1.52. The first-order valence-corrected chi connectivity index (χ1v) is 10.3. The van der Waals surface area contributed by atoms with E-state index in [-0.39, 0.29) is 10.9 Å². The van der Waals surface area contributed by atoms with E-state index in [2.05, 4.69) is 18.3 Å². The van der Waals surface area contributed by atoms with Crippen LogP contribution in [0.5, 0.6) is 0 Å². The Balaban J connectivity index is 1.67. The van der Waals surface area contributed by atoms with Crippen LogP contribution in [-0.4, -0.2) is 11.2 Å². The molecule has 2 aromatic carbocycles. The summed E-state index contributed by atoms with van der Waals surface area (Å²) in [4.78, 5) is 13.6. The number of benzene rings is 2. The highest BCUT2D eigenvalue weighted by molar-refractivity contribution is 8.00. The first-order chi connectivity index (χ1) is 12.5. The van der Waals surface area contributed by atoms with Crippen molar-refractivity contribution >= 4 is 35.0 Å². The second-order valence-corrected chi connectivity index (χ2v) is 8.76. The first kappa shape index (κ1) is 19.2. The highest BCUT2D eigenvalue weighted by Gasteiger charge is 2.18. The predicted octanol–water partition coefficient (Wildman–Crippen LogP) is 6.79. The van der Waals surface area contributed by atoms with Gasteiger partial charge in [0.1, 0.15) is 5.82 Å². The molecule has 0 aliphatic heterocycles. The van der Waals surface area contributed by atoms with E-state index in [1.807, 2.05) is 23.9 Å². The first-order valence-electron chi connectivity index (χ1n) is 9.04. The molecule has 1 fully saturated rings. The topological polar surface area (TPSA) is 29.1 Å². The number of hydrogen-bond acceptors (Lipinski definition) is 2. The molecule has 1 N–H and O–H groups in total. The van der Waals surface area contributed by atoms with E-state index < -0.39 is 5.82 Å². The summed E-state index contributed by atoms with van der Waals surface area (Å²) in [6.07, 6.45) is 6.39. The zero-order valence-electron chi connectivity index (χ0n) is 14.8. The molecule has 2 nitrogen and oxygen atoms in total. The molecule has 0 aromatic heterocycles. The molecule has 1 unspecified atom stereocenters. The molecule has 3 rings (SSSR count). The second-order valence-electron chi connectivity index (χ2n) is 6.98. The Kier molecular flexibility index (Phi) is 6.60. The third-order valence-electron chi connectivity index (χ3n) is 4.71. The van der Waals surface area contributed by atoms with Crippen LogP contribution in [0.3, 0.4) is 0 Å². The van der Waals surface area contributed by atoms with Gasteiger partial charge in [0.05, 0.1) is 5.02 Å². The molecule has 138 valence electrons. The molecule has 1 saturated carbocycles. The van der Waals surface area contributed by atoms with Gasteiger partial charge >= 0.3 is 0 Å². The molecule has 1 amide bonds. The highest BCUT2D eigenvalue weighted by Crippen LogP contribution is 2.35. The number of anilines is 1. The number of nitrogens with one attached hydrogen (secondary N) is 1. The summed E-state index contributed by atoms with van der Waals surface area (Å²) >= 11 is 7.65. The fourth-order valence-corrected chi connectivity index (χ4v) is 4.96. The lowest BCUT2D eigenvalue weighted by Crippen LogP contribution is -2.12. The van der Waals surface area contributed by atoms with Crippen LogP contribution in [-0.2, 0) is 0 Å². The van der Waals surface area contributed by atoms with Gasteiger partial charge in [-0.25, -0.2) is 4.39 Å². The smallest absolute Gasteiger partial charge is 0.255 e. The average molecular weight is 392 g/mol. The summed E-state index contributed by atoms with van der Waals surface area (Å²) < 4.78 is 13.2. The molecule has 0 radical (unpaired) electrons. The lowest BCUT2D eigenvalue weighted by molar-refractivity contribution is 0.102. The number of amides is 1. The number of rotatable bonds is 4. The highest BCUT2D eigenvalue weighted by atomic mass is 35.5. The van der Waals surface area contributed by atoms with Crippen molar-refractivity contribution in [2.24, 2.45) is 5.92 Å². The minimum Gasteiger partial charge on any atom is -0.322 e. The van der Waals surface area contributed by atoms with E-state index in [1.54, 1.807) is 6.07 Å². The molecular weight excluding hydrogens is 369 g/mol. The van der Waals surface area contributed by atoms with Crippen LogP contribution < -0.4 is 5.32 Å². The lowest BCUT2D eigenvalue weighted by atomic mass is 10.0. The van der Waals surface area contributed by atoms with E-state index in [0.29, 0.717) is 16.5 Å². The SMILES string of the molecule is C[C@@H]1CCCCC(Sc2cccc(C(=O)Nc3ccc(F)c(Cl)c3)c2)C1. The van der Waals surface area contributed by atoms with Crippen molar-refractivity contribution in [3.63, 3.8) is 0 Å². The van der Waals surface area contributed by atoms with Crippen molar-refractivity contribution in [1.29, 1.82) is 0 Å². The van der Waals surface area contributed by atoms with Gasteiger partial charge in [0.25, 0.3) is 5.91 Å². The summed E-state index contributed by atoms with van der Waals surface area (Å²) in [5.74, 6) is 0.0507. The third-order valence-corrected chi connectivity index (χ3v) is 6.29. The summed E-state index contributed by atoms with van der Waals surface area (Å²) in [5, 5.41) is 3.38. The van der Waals surface area contributed by atoms with Crippen molar-refractivity contribution < 1.29 is 9.18 Å². The lowest BCUT2D eigenvalue weighted by Gasteiger charge is -2.17. The van der Waals surface area contributed by atoms with Crippen LogP contribution in [0.2, 0.25) is 5.02 Å². The molecule has 0 spiro atoms. The number of carbonyl (C=O) groups is 1. The van der Waals surface area contributed by atoms with Gasteiger partial charge in [0, 0.05) is 21.4 Å². The predicted molar refractivity (Wildman–Crippen MR) is 108 cm³/mol. The van der Waals surface area contributed by atoms with Gasteiger partial charge in [0.2, 0.25) is 0 Å². The van der Waals surface area contributed by atoms with Crippen LogP contribution >= 0.6 is 23.4 Å². The van der Waals surface area contributed by atoms with Crippen molar-refractivity contribution in [2.75, 3.05) is 5.32 Å². The Labute approximate surface area is 163 Å². The maximum Gasteiger partial charge on any atom is 0.255 e. The van der Waals surface area contributed by atoms with Gasteiger partial charge in [-0.15, -0.1) is 11.8 Å². The van der Waals surface area contributed by atoms with E-state index in [1.165, 1.54) is 50.3 Å². The second kappa shape index (κ2) is 8.92. The number of carbonyl (C=O) groups excluding carboxylic acids is 1. The Morgan fingerprint density at radius 3 is 2.81 bits per heavy atom. The minimum atomic E-state index is -0.499. The molecule has 1 aliphatic rings. The number of hydrogen-bond donors (Lipinski definition) is 1. The van der Waals surface area contributed by atoms with Crippen molar-refractivity contribution in [2.45, 2.75) is 49.2 Å². The zero-order valence-corrected chi connectivity index (χ0v) is 16.4. The molecule has 26 heavy (non-hydrogen) atoms. The third kappa shape index (κ3) is 5.24. The summed E-state index contributed by atoms with van der Waals surface area (Å²) in [6.45, 7) is 2.33.